The number of anilines is 2. The lowest BCUT2D eigenvalue weighted by atomic mass is 9.88. The van der Waals surface area contributed by atoms with Crippen LogP contribution in [0.3, 0.4) is 0 Å². The largest absolute Gasteiger partial charge is 0.399 e. The SMILES string of the molecule is CCN(Cc1cccc(N)c1)c1ccc(C(C)(C)C)cn1. The molecule has 0 spiro atoms. The van der Waals surface area contributed by atoms with E-state index in [0.717, 1.165) is 24.6 Å². The van der Waals surface area contributed by atoms with Crippen molar-refractivity contribution in [2.24, 2.45) is 0 Å². The molecule has 0 atom stereocenters. The van der Waals surface area contributed by atoms with Crippen molar-refractivity contribution in [1.82, 2.24) is 4.98 Å². The van der Waals surface area contributed by atoms with Crippen LogP contribution in [0.1, 0.15) is 38.8 Å². The van der Waals surface area contributed by atoms with Crippen LogP contribution in [0.4, 0.5) is 11.5 Å². The molecule has 21 heavy (non-hydrogen) atoms. The molecule has 0 unspecified atom stereocenters. The summed E-state index contributed by atoms with van der Waals surface area (Å²) >= 11 is 0. The summed E-state index contributed by atoms with van der Waals surface area (Å²) in [5.74, 6) is 1.01. The van der Waals surface area contributed by atoms with Gasteiger partial charge in [0.1, 0.15) is 5.82 Å². The molecule has 3 nitrogen and oxygen atoms in total. The summed E-state index contributed by atoms with van der Waals surface area (Å²) in [4.78, 5) is 6.88. The van der Waals surface area contributed by atoms with Crippen molar-refractivity contribution in [1.29, 1.82) is 0 Å². The molecule has 2 rings (SSSR count). The number of nitrogen functional groups attached to an aromatic ring is 1. The molecule has 1 aromatic heterocycles. The molecule has 0 saturated carbocycles. The minimum atomic E-state index is 0.135. The van der Waals surface area contributed by atoms with E-state index in [-0.39, 0.29) is 5.41 Å². The van der Waals surface area contributed by atoms with Gasteiger partial charge in [-0.3, -0.25) is 0 Å². The Bertz CT molecular complexity index is 582. The topological polar surface area (TPSA) is 42.1 Å². The van der Waals surface area contributed by atoms with Crippen molar-refractivity contribution in [3.8, 4) is 0 Å². The molecule has 0 amide bonds. The van der Waals surface area contributed by atoms with Gasteiger partial charge in [-0.15, -0.1) is 0 Å². The second-order valence-electron chi connectivity index (χ2n) is 6.41. The Kier molecular flexibility index (Phi) is 4.51. The van der Waals surface area contributed by atoms with Crippen LogP contribution in [0.5, 0.6) is 0 Å². The van der Waals surface area contributed by atoms with Gasteiger partial charge in [0, 0.05) is 25.0 Å². The molecule has 0 saturated heterocycles. The Hall–Kier alpha value is -2.03. The monoisotopic (exact) mass is 283 g/mol. The fraction of sp³-hybridized carbons (Fsp3) is 0.389. The van der Waals surface area contributed by atoms with E-state index in [1.54, 1.807) is 0 Å². The quantitative estimate of drug-likeness (QED) is 0.863. The maximum Gasteiger partial charge on any atom is 0.128 e. The number of hydrogen-bond donors (Lipinski definition) is 1. The maximum atomic E-state index is 5.85. The van der Waals surface area contributed by atoms with Crippen LogP contribution in [-0.2, 0) is 12.0 Å². The number of benzene rings is 1. The van der Waals surface area contributed by atoms with E-state index < -0.39 is 0 Å². The standard InChI is InChI=1S/C18H25N3/c1-5-21(13-14-7-6-8-16(19)11-14)17-10-9-15(12-20-17)18(2,3)4/h6-12H,5,13,19H2,1-4H3. The number of hydrogen-bond acceptors (Lipinski definition) is 3. The van der Waals surface area contributed by atoms with Crippen LogP contribution in [0.15, 0.2) is 42.6 Å². The van der Waals surface area contributed by atoms with Crippen LogP contribution < -0.4 is 10.6 Å². The van der Waals surface area contributed by atoms with Gasteiger partial charge in [-0.05, 0) is 41.7 Å². The molecular weight excluding hydrogens is 258 g/mol. The van der Waals surface area contributed by atoms with Crippen LogP contribution in [0.2, 0.25) is 0 Å². The molecule has 0 radical (unpaired) electrons. The fourth-order valence-electron chi connectivity index (χ4n) is 2.28. The summed E-state index contributed by atoms with van der Waals surface area (Å²) in [5, 5.41) is 0. The van der Waals surface area contributed by atoms with Gasteiger partial charge in [0.05, 0.1) is 0 Å². The minimum absolute atomic E-state index is 0.135. The average Bonchev–Trinajstić information content (AvgIpc) is 2.44. The van der Waals surface area contributed by atoms with E-state index >= 15 is 0 Å². The van der Waals surface area contributed by atoms with Gasteiger partial charge in [0.15, 0.2) is 0 Å². The van der Waals surface area contributed by atoms with Crippen molar-refractivity contribution in [3.05, 3.63) is 53.7 Å². The van der Waals surface area contributed by atoms with Crippen molar-refractivity contribution in [3.63, 3.8) is 0 Å². The lowest BCUT2D eigenvalue weighted by Gasteiger charge is -2.24. The first kappa shape index (κ1) is 15.4. The Balaban J connectivity index is 2.18. The molecule has 1 aromatic carbocycles. The summed E-state index contributed by atoms with van der Waals surface area (Å²) in [6, 6.07) is 12.3. The molecule has 0 aliphatic heterocycles. The molecule has 2 N–H and O–H groups in total. The van der Waals surface area contributed by atoms with Gasteiger partial charge in [-0.1, -0.05) is 39.0 Å². The molecule has 0 aliphatic rings. The van der Waals surface area contributed by atoms with E-state index in [2.05, 4.69) is 55.8 Å². The molecule has 112 valence electrons. The van der Waals surface area contributed by atoms with E-state index in [0.29, 0.717) is 0 Å². The fourth-order valence-corrected chi connectivity index (χ4v) is 2.28. The Morgan fingerprint density at radius 2 is 1.90 bits per heavy atom. The summed E-state index contributed by atoms with van der Waals surface area (Å²) in [7, 11) is 0. The smallest absolute Gasteiger partial charge is 0.128 e. The lowest BCUT2D eigenvalue weighted by Crippen LogP contribution is -2.23. The molecule has 0 fully saturated rings. The molecule has 3 heteroatoms. The van der Waals surface area contributed by atoms with E-state index in [1.807, 2.05) is 24.4 Å². The van der Waals surface area contributed by atoms with Crippen LogP contribution in [-0.4, -0.2) is 11.5 Å². The summed E-state index contributed by atoms with van der Waals surface area (Å²) in [6.45, 7) is 10.5. The number of rotatable bonds is 4. The minimum Gasteiger partial charge on any atom is -0.399 e. The number of pyridine rings is 1. The zero-order chi connectivity index (χ0) is 15.5. The number of nitrogens with two attached hydrogens (primary N) is 1. The third-order valence-electron chi connectivity index (χ3n) is 3.64. The second-order valence-corrected chi connectivity index (χ2v) is 6.41. The number of nitrogens with zero attached hydrogens (tertiary/aromatic N) is 2. The van der Waals surface area contributed by atoms with E-state index in [9.17, 15) is 0 Å². The summed E-state index contributed by atoms with van der Waals surface area (Å²) < 4.78 is 0. The van der Waals surface area contributed by atoms with E-state index in [1.165, 1.54) is 11.1 Å². The van der Waals surface area contributed by atoms with Crippen molar-refractivity contribution in [2.75, 3.05) is 17.2 Å². The Labute approximate surface area is 127 Å². The van der Waals surface area contributed by atoms with Gasteiger partial charge in [-0.25, -0.2) is 4.98 Å². The second kappa shape index (κ2) is 6.17. The molecular formula is C18H25N3. The number of aromatic nitrogens is 1. The van der Waals surface area contributed by atoms with Crippen LogP contribution in [0.25, 0.3) is 0 Å². The predicted molar refractivity (Wildman–Crippen MR) is 90.5 cm³/mol. The van der Waals surface area contributed by atoms with Gasteiger partial charge in [-0.2, -0.15) is 0 Å². The van der Waals surface area contributed by atoms with Gasteiger partial charge >= 0.3 is 0 Å². The van der Waals surface area contributed by atoms with Crippen molar-refractivity contribution >= 4 is 11.5 Å². The normalized spacial score (nSPS) is 11.4. The molecule has 0 aliphatic carbocycles. The molecule has 2 aromatic rings. The first-order chi connectivity index (χ1) is 9.90. The van der Waals surface area contributed by atoms with Gasteiger partial charge in [0.25, 0.3) is 0 Å². The highest BCUT2D eigenvalue weighted by Gasteiger charge is 2.15. The highest BCUT2D eigenvalue weighted by atomic mass is 15.2. The summed E-state index contributed by atoms with van der Waals surface area (Å²) in [6.07, 6.45) is 1.98. The van der Waals surface area contributed by atoms with Crippen LogP contribution in [0, 0.1) is 0 Å². The van der Waals surface area contributed by atoms with E-state index in [4.69, 9.17) is 5.73 Å². The molecule has 0 bridgehead atoms. The maximum absolute atomic E-state index is 5.85. The molecule has 1 heterocycles. The Morgan fingerprint density at radius 3 is 2.43 bits per heavy atom. The van der Waals surface area contributed by atoms with Crippen molar-refractivity contribution < 1.29 is 0 Å². The summed E-state index contributed by atoms with van der Waals surface area (Å²) in [5.41, 5.74) is 9.25. The lowest BCUT2D eigenvalue weighted by molar-refractivity contribution is 0.587. The zero-order valence-corrected chi connectivity index (χ0v) is 13.4. The third kappa shape index (κ3) is 3.97. The first-order valence-corrected chi connectivity index (χ1v) is 7.46. The average molecular weight is 283 g/mol. The third-order valence-corrected chi connectivity index (χ3v) is 3.64. The van der Waals surface area contributed by atoms with Crippen molar-refractivity contribution in [2.45, 2.75) is 39.7 Å². The highest BCUT2D eigenvalue weighted by molar-refractivity contribution is 5.45. The first-order valence-electron chi connectivity index (χ1n) is 7.46. The van der Waals surface area contributed by atoms with Crippen LogP contribution >= 0.6 is 0 Å². The van der Waals surface area contributed by atoms with Gasteiger partial charge in [0.2, 0.25) is 0 Å². The highest BCUT2D eigenvalue weighted by Crippen LogP contribution is 2.23. The predicted octanol–water partition coefficient (Wildman–Crippen LogP) is 3.99. The Morgan fingerprint density at radius 1 is 1.14 bits per heavy atom. The zero-order valence-electron chi connectivity index (χ0n) is 13.4. The van der Waals surface area contributed by atoms with Gasteiger partial charge < -0.3 is 10.6 Å².